The number of carbonyl (C=O) groups excluding carboxylic acids is 1. The van der Waals surface area contributed by atoms with Crippen LogP contribution in [0.5, 0.6) is 11.6 Å². The molecule has 0 saturated carbocycles. The first kappa shape index (κ1) is 22.4. The molecule has 0 aliphatic carbocycles. The van der Waals surface area contributed by atoms with Gasteiger partial charge in [-0.05, 0) is 39.0 Å². The topological polar surface area (TPSA) is 106 Å². The Kier molecular flexibility index (Phi) is 6.60. The van der Waals surface area contributed by atoms with Gasteiger partial charge in [0, 0.05) is 24.8 Å². The lowest BCUT2D eigenvalue weighted by Gasteiger charge is -2.27. The van der Waals surface area contributed by atoms with E-state index in [9.17, 15) is 4.79 Å². The minimum absolute atomic E-state index is 0.0622. The van der Waals surface area contributed by atoms with E-state index < -0.39 is 0 Å². The number of anilines is 2. The normalized spacial score (nSPS) is 13.7. The van der Waals surface area contributed by atoms with Crippen molar-refractivity contribution in [3.8, 4) is 11.6 Å². The lowest BCUT2D eigenvalue weighted by Crippen LogP contribution is -2.40. The van der Waals surface area contributed by atoms with Gasteiger partial charge in [-0.15, -0.1) is 0 Å². The Hall–Kier alpha value is -3.84. The molecule has 0 bridgehead atoms. The first-order valence-corrected chi connectivity index (χ1v) is 10.8. The highest BCUT2D eigenvalue weighted by molar-refractivity contribution is 5.96. The maximum absolute atomic E-state index is 12.9. The number of rotatable bonds is 7. The minimum atomic E-state index is -0.105. The molecular formula is C23H26N6O4. The van der Waals surface area contributed by atoms with E-state index in [0.29, 0.717) is 72.5 Å². The Bertz CT molecular complexity index is 1190. The Morgan fingerprint density at radius 3 is 2.82 bits per heavy atom. The molecule has 10 nitrogen and oxygen atoms in total. The highest BCUT2D eigenvalue weighted by atomic mass is 16.5. The van der Waals surface area contributed by atoms with Crippen molar-refractivity contribution in [3.63, 3.8) is 0 Å². The molecule has 1 aliphatic rings. The molecule has 1 fully saturated rings. The Morgan fingerprint density at radius 1 is 1.33 bits per heavy atom. The molecule has 10 heteroatoms. The van der Waals surface area contributed by atoms with Gasteiger partial charge < -0.3 is 29.4 Å². The van der Waals surface area contributed by atoms with Crippen LogP contribution in [0.3, 0.4) is 0 Å². The number of hydrogen-bond acceptors (Lipinski definition) is 7. The summed E-state index contributed by atoms with van der Waals surface area (Å²) in [5, 5.41) is 3.72. The van der Waals surface area contributed by atoms with Crippen LogP contribution < -0.4 is 14.8 Å². The fourth-order valence-electron chi connectivity index (χ4n) is 3.55. The van der Waals surface area contributed by atoms with E-state index >= 15 is 0 Å². The maximum Gasteiger partial charge on any atom is 0.254 e. The van der Waals surface area contributed by atoms with E-state index in [1.807, 2.05) is 20.8 Å². The van der Waals surface area contributed by atoms with Crippen molar-refractivity contribution in [2.45, 2.75) is 26.9 Å². The average Bonchev–Trinajstić information content (AvgIpc) is 3.23. The zero-order valence-electron chi connectivity index (χ0n) is 18.8. The van der Waals surface area contributed by atoms with E-state index in [1.165, 1.54) is 0 Å². The number of amides is 1. The third-order valence-electron chi connectivity index (χ3n) is 5.02. The van der Waals surface area contributed by atoms with Crippen molar-refractivity contribution in [1.29, 1.82) is 0 Å². The van der Waals surface area contributed by atoms with Crippen LogP contribution in [0.2, 0.25) is 0 Å². The minimum Gasteiger partial charge on any atom is -0.489 e. The number of nitrogens with one attached hydrogen (secondary N) is 2. The zero-order valence-corrected chi connectivity index (χ0v) is 18.8. The Balaban J connectivity index is 1.67. The molecule has 3 aromatic rings. The monoisotopic (exact) mass is 450 g/mol. The molecule has 2 N–H and O–H groups in total. The third kappa shape index (κ3) is 4.83. The highest BCUT2D eigenvalue weighted by Gasteiger charge is 2.21. The van der Waals surface area contributed by atoms with E-state index in [4.69, 9.17) is 20.8 Å². The second kappa shape index (κ2) is 9.75. The predicted molar refractivity (Wildman–Crippen MR) is 124 cm³/mol. The standard InChI is InChI=1S/C23H26N6O4/c1-5-32-21-19-17(24-4)13-25-20(19)27-23(28-21)26-16-7-6-15(12-18(16)33-14(2)3)22(30)29-8-10-31-11-9-29/h6-7,12-14H,5,8-11H2,1-3H3,(H2,25,26,27,28). The molecular weight excluding hydrogens is 424 g/mol. The number of ether oxygens (including phenoxy) is 3. The maximum atomic E-state index is 12.9. The van der Waals surface area contributed by atoms with Gasteiger partial charge in [0.2, 0.25) is 17.5 Å². The van der Waals surface area contributed by atoms with Crippen LogP contribution in [0.15, 0.2) is 24.4 Å². The van der Waals surface area contributed by atoms with E-state index in [0.717, 1.165) is 0 Å². The van der Waals surface area contributed by atoms with Gasteiger partial charge in [0.1, 0.15) is 11.4 Å². The molecule has 0 unspecified atom stereocenters. The van der Waals surface area contributed by atoms with Crippen LogP contribution in [0.25, 0.3) is 15.9 Å². The second-order valence-corrected chi connectivity index (χ2v) is 7.70. The number of hydrogen-bond donors (Lipinski definition) is 2. The van der Waals surface area contributed by atoms with Crippen LogP contribution in [0, 0.1) is 6.57 Å². The predicted octanol–water partition coefficient (Wildman–Crippen LogP) is 3.91. The van der Waals surface area contributed by atoms with Gasteiger partial charge in [-0.2, -0.15) is 9.97 Å². The first-order chi connectivity index (χ1) is 16.0. The third-order valence-corrected chi connectivity index (χ3v) is 5.02. The van der Waals surface area contributed by atoms with Gasteiger partial charge in [-0.3, -0.25) is 4.79 Å². The smallest absolute Gasteiger partial charge is 0.254 e. The molecule has 0 atom stereocenters. The molecule has 4 rings (SSSR count). The number of aromatic nitrogens is 3. The molecule has 0 spiro atoms. The van der Waals surface area contributed by atoms with Gasteiger partial charge in [0.25, 0.3) is 5.91 Å². The van der Waals surface area contributed by atoms with Crippen LogP contribution in [0.4, 0.5) is 17.3 Å². The van der Waals surface area contributed by atoms with E-state index in [-0.39, 0.29) is 18.0 Å². The molecule has 1 saturated heterocycles. The number of fused-ring (bicyclic) bond motifs is 1. The molecule has 2 aromatic heterocycles. The fourth-order valence-corrected chi connectivity index (χ4v) is 3.55. The number of H-pyrrole nitrogens is 1. The van der Waals surface area contributed by atoms with Crippen molar-refractivity contribution < 1.29 is 19.0 Å². The zero-order chi connectivity index (χ0) is 23.4. The van der Waals surface area contributed by atoms with Gasteiger partial charge in [-0.25, -0.2) is 4.85 Å². The summed E-state index contributed by atoms with van der Waals surface area (Å²) in [6.07, 6.45) is 1.48. The number of aromatic amines is 1. The van der Waals surface area contributed by atoms with Gasteiger partial charge in [0.05, 0.1) is 43.6 Å². The van der Waals surface area contributed by atoms with E-state index in [2.05, 4.69) is 25.1 Å². The average molecular weight is 450 g/mol. The Morgan fingerprint density at radius 2 is 2.12 bits per heavy atom. The van der Waals surface area contributed by atoms with Gasteiger partial charge in [0.15, 0.2) is 0 Å². The summed E-state index contributed by atoms with van der Waals surface area (Å²) < 4.78 is 17.0. The molecule has 1 amide bonds. The summed E-state index contributed by atoms with van der Waals surface area (Å²) in [4.78, 5) is 30.1. The molecule has 0 radical (unpaired) electrons. The molecule has 1 aliphatic heterocycles. The summed E-state index contributed by atoms with van der Waals surface area (Å²) in [6, 6.07) is 5.26. The summed E-state index contributed by atoms with van der Waals surface area (Å²) in [7, 11) is 0. The Labute approximate surface area is 191 Å². The van der Waals surface area contributed by atoms with Crippen LogP contribution >= 0.6 is 0 Å². The van der Waals surface area contributed by atoms with Crippen LogP contribution in [-0.2, 0) is 4.74 Å². The van der Waals surface area contributed by atoms with Crippen LogP contribution in [0.1, 0.15) is 31.1 Å². The van der Waals surface area contributed by atoms with Crippen molar-refractivity contribution in [2.24, 2.45) is 0 Å². The SMILES string of the molecule is [C-]#[N+]c1c[nH]c2nc(Nc3ccc(C(=O)N4CCOCC4)cc3OC(C)C)nc(OCC)c12. The quantitative estimate of drug-likeness (QED) is 0.526. The lowest BCUT2D eigenvalue weighted by atomic mass is 10.1. The van der Waals surface area contributed by atoms with Gasteiger partial charge >= 0.3 is 0 Å². The molecule has 3 heterocycles. The van der Waals surface area contributed by atoms with Crippen molar-refractivity contribution in [1.82, 2.24) is 19.9 Å². The van der Waals surface area contributed by atoms with Crippen molar-refractivity contribution >= 4 is 34.3 Å². The van der Waals surface area contributed by atoms with Gasteiger partial charge in [-0.1, -0.05) is 0 Å². The molecule has 33 heavy (non-hydrogen) atoms. The molecule has 1 aromatic carbocycles. The second-order valence-electron chi connectivity index (χ2n) is 7.70. The van der Waals surface area contributed by atoms with Crippen LogP contribution in [-0.4, -0.2) is 64.8 Å². The summed E-state index contributed by atoms with van der Waals surface area (Å²) in [6.45, 7) is 15.6. The van der Waals surface area contributed by atoms with Crippen molar-refractivity contribution in [3.05, 3.63) is 41.4 Å². The lowest BCUT2D eigenvalue weighted by molar-refractivity contribution is 0.0302. The molecule has 172 valence electrons. The number of morpholine rings is 1. The number of nitrogens with zero attached hydrogens (tertiary/aromatic N) is 4. The fraction of sp³-hybridized carbons (Fsp3) is 0.391. The number of benzene rings is 1. The summed E-state index contributed by atoms with van der Waals surface area (Å²) in [5.74, 6) is 1.06. The summed E-state index contributed by atoms with van der Waals surface area (Å²) >= 11 is 0. The largest absolute Gasteiger partial charge is 0.489 e. The first-order valence-electron chi connectivity index (χ1n) is 10.8. The van der Waals surface area contributed by atoms with Crippen molar-refractivity contribution in [2.75, 3.05) is 38.2 Å². The van der Waals surface area contributed by atoms with E-state index in [1.54, 1.807) is 29.3 Å². The highest BCUT2D eigenvalue weighted by Crippen LogP contribution is 2.35. The summed E-state index contributed by atoms with van der Waals surface area (Å²) in [5.41, 5.74) is 2.04. The number of carbonyl (C=O) groups is 1.